The van der Waals surface area contributed by atoms with Crippen LogP contribution in [0, 0.1) is 5.92 Å². The predicted molar refractivity (Wildman–Crippen MR) is 61.9 cm³/mol. The zero-order valence-electron chi connectivity index (χ0n) is 9.28. The second-order valence-corrected chi connectivity index (χ2v) is 4.19. The Hall–Kier alpha value is -1.02. The van der Waals surface area contributed by atoms with E-state index in [9.17, 15) is 0 Å². The lowest BCUT2D eigenvalue weighted by molar-refractivity contribution is 0.256. The maximum atomic E-state index is 6.25. The van der Waals surface area contributed by atoms with Gasteiger partial charge >= 0.3 is 0 Å². The lowest BCUT2D eigenvalue weighted by Gasteiger charge is -2.32. The highest BCUT2D eigenvalue weighted by Gasteiger charge is 2.27. The smallest absolute Gasteiger partial charge is 0.124 e. The van der Waals surface area contributed by atoms with Crippen molar-refractivity contribution in [3.63, 3.8) is 0 Å². The number of ether oxygens (including phenoxy) is 1. The molecule has 0 bridgehead atoms. The van der Waals surface area contributed by atoms with Crippen LogP contribution in [0.1, 0.15) is 37.8 Å². The first-order valence-electron chi connectivity index (χ1n) is 5.80. The van der Waals surface area contributed by atoms with Crippen molar-refractivity contribution in [2.45, 2.75) is 32.2 Å². The van der Waals surface area contributed by atoms with E-state index >= 15 is 0 Å². The molecule has 2 nitrogen and oxygen atoms in total. The zero-order valence-corrected chi connectivity index (χ0v) is 9.28. The molecule has 0 saturated heterocycles. The Bertz CT molecular complexity index is 320. The Kier molecular flexibility index (Phi) is 3.27. The molecule has 1 aromatic rings. The molecular weight excluding hydrogens is 186 g/mol. The van der Waals surface area contributed by atoms with Gasteiger partial charge < -0.3 is 10.5 Å². The van der Waals surface area contributed by atoms with Crippen LogP contribution in [-0.2, 0) is 0 Å². The number of hydrogen-bond donors (Lipinski definition) is 1. The first-order valence-corrected chi connectivity index (χ1v) is 5.80. The first-order chi connectivity index (χ1) is 7.33. The predicted octanol–water partition coefficient (Wildman–Crippen LogP) is 2.89. The normalized spacial score (nSPS) is 18.3. The Balaban J connectivity index is 2.17. The minimum absolute atomic E-state index is 0.154. The average molecular weight is 205 g/mol. The maximum absolute atomic E-state index is 6.25. The Morgan fingerprint density at radius 3 is 2.73 bits per heavy atom. The fourth-order valence-corrected chi connectivity index (χ4v) is 2.10. The lowest BCUT2D eigenvalue weighted by atomic mass is 9.77. The lowest BCUT2D eigenvalue weighted by Crippen LogP contribution is -2.27. The van der Waals surface area contributed by atoms with Crippen LogP contribution in [0.3, 0.4) is 0 Å². The van der Waals surface area contributed by atoms with Crippen LogP contribution in [0.2, 0.25) is 0 Å². The SMILES string of the molecule is CCOc1ccccc1C(N)C1CCC1. The summed E-state index contributed by atoms with van der Waals surface area (Å²) in [7, 11) is 0. The molecule has 0 aromatic heterocycles. The third-order valence-electron chi connectivity index (χ3n) is 3.24. The van der Waals surface area contributed by atoms with E-state index in [4.69, 9.17) is 10.5 Å². The highest BCUT2D eigenvalue weighted by Crippen LogP contribution is 2.38. The van der Waals surface area contributed by atoms with Crippen molar-refractivity contribution in [1.29, 1.82) is 0 Å². The summed E-state index contributed by atoms with van der Waals surface area (Å²) in [5, 5.41) is 0. The zero-order chi connectivity index (χ0) is 10.7. The van der Waals surface area contributed by atoms with Gasteiger partial charge in [-0.3, -0.25) is 0 Å². The summed E-state index contributed by atoms with van der Waals surface area (Å²) < 4.78 is 5.60. The molecule has 1 unspecified atom stereocenters. The molecule has 0 aliphatic heterocycles. The molecule has 0 amide bonds. The quantitative estimate of drug-likeness (QED) is 0.820. The van der Waals surface area contributed by atoms with E-state index in [-0.39, 0.29) is 6.04 Å². The van der Waals surface area contributed by atoms with Gasteiger partial charge in [0.25, 0.3) is 0 Å². The summed E-state index contributed by atoms with van der Waals surface area (Å²) in [6, 6.07) is 8.30. The molecule has 1 aromatic carbocycles. The molecule has 1 aliphatic rings. The van der Waals surface area contributed by atoms with Crippen molar-refractivity contribution in [2.75, 3.05) is 6.61 Å². The van der Waals surface area contributed by atoms with Crippen LogP contribution < -0.4 is 10.5 Å². The fourth-order valence-electron chi connectivity index (χ4n) is 2.10. The molecule has 1 atom stereocenters. The van der Waals surface area contributed by atoms with Gasteiger partial charge in [0, 0.05) is 11.6 Å². The minimum Gasteiger partial charge on any atom is -0.494 e. The number of rotatable bonds is 4. The molecular formula is C13H19NO. The number of nitrogens with two attached hydrogens (primary N) is 1. The van der Waals surface area contributed by atoms with Crippen LogP contribution in [0.5, 0.6) is 5.75 Å². The monoisotopic (exact) mass is 205 g/mol. The second kappa shape index (κ2) is 4.67. The third kappa shape index (κ3) is 2.15. The van der Waals surface area contributed by atoms with Crippen LogP contribution in [-0.4, -0.2) is 6.61 Å². The summed E-state index contributed by atoms with van der Waals surface area (Å²) in [5.74, 6) is 1.62. The van der Waals surface area contributed by atoms with Crippen molar-refractivity contribution in [3.05, 3.63) is 29.8 Å². The van der Waals surface area contributed by atoms with E-state index in [1.54, 1.807) is 0 Å². The van der Waals surface area contributed by atoms with Crippen LogP contribution in [0.25, 0.3) is 0 Å². The van der Waals surface area contributed by atoms with Gasteiger partial charge in [-0.15, -0.1) is 0 Å². The van der Waals surface area contributed by atoms with Crippen molar-refractivity contribution in [1.82, 2.24) is 0 Å². The molecule has 1 fully saturated rings. The van der Waals surface area contributed by atoms with Gasteiger partial charge in [-0.2, -0.15) is 0 Å². The second-order valence-electron chi connectivity index (χ2n) is 4.19. The van der Waals surface area contributed by atoms with E-state index in [1.807, 2.05) is 25.1 Å². The van der Waals surface area contributed by atoms with E-state index < -0.39 is 0 Å². The van der Waals surface area contributed by atoms with Gasteiger partial charge in [0.05, 0.1) is 6.61 Å². The third-order valence-corrected chi connectivity index (χ3v) is 3.24. The molecule has 15 heavy (non-hydrogen) atoms. The summed E-state index contributed by atoms with van der Waals surface area (Å²) in [4.78, 5) is 0. The fraction of sp³-hybridized carbons (Fsp3) is 0.538. The molecule has 1 saturated carbocycles. The molecule has 2 N–H and O–H groups in total. The van der Waals surface area contributed by atoms with Gasteiger partial charge in [-0.1, -0.05) is 24.6 Å². The van der Waals surface area contributed by atoms with E-state index in [0.29, 0.717) is 12.5 Å². The van der Waals surface area contributed by atoms with Gasteiger partial charge in [-0.25, -0.2) is 0 Å². The molecule has 82 valence electrons. The van der Waals surface area contributed by atoms with Gasteiger partial charge in [0.1, 0.15) is 5.75 Å². The number of para-hydroxylation sites is 1. The summed E-state index contributed by atoms with van der Waals surface area (Å²) in [6.45, 7) is 2.71. The van der Waals surface area contributed by atoms with Crippen LogP contribution in [0.4, 0.5) is 0 Å². The average Bonchev–Trinajstić information content (AvgIpc) is 2.16. The van der Waals surface area contributed by atoms with Gasteiger partial charge in [-0.05, 0) is 31.7 Å². The molecule has 0 radical (unpaired) electrons. The number of benzene rings is 1. The molecule has 1 aliphatic carbocycles. The Morgan fingerprint density at radius 2 is 2.13 bits per heavy atom. The minimum atomic E-state index is 0.154. The molecule has 0 spiro atoms. The Morgan fingerprint density at radius 1 is 1.40 bits per heavy atom. The van der Waals surface area contributed by atoms with Crippen molar-refractivity contribution >= 4 is 0 Å². The topological polar surface area (TPSA) is 35.2 Å². The van der Waals surface area contributed by atoms with Crippen molar-refractivity contribution in [3.8, 4) is 5.75 Å². The van der Waals surface area contributed by atoms with E-state index in [0.717, 1.165) is 5.75 Å². The van der Waals surface area contributed by atoms with Crippen molar-refractivity contribution in [2.24, 2.45) is 11.7 Å². The van der Waals surface area contributed by atoms with Crippen LogP contribution >= 0.6 is 0 Å². The van der Waals surface area contributed by atoms with E-state index in [2.05, 4.69) is 6.07 Å². The molecule has 2 rings (SSSR count). The standard InChI is InChI=1S/C13H19NO/c1-2-15-12-9-4-3-8-11(12)13(14)10-6-5-7-10/h3-4,8-10,13H,2,5-7,14H2,1H3. The number of hydrogen-bond acceptors (Lipinski definition) is 2. The molecule has 0 heterocycles. The van der Waals surface area contributed by atoms with Gasteiger partial charge in [0.15, 0.2) is 0 Å². The van der Waals surface area contributed by atoms with Gasteiger partial charge in [0.2, 0.25) is 0 Å². The largest absolute Gasteiger partial charge is 0.494 e. The van der Waals surface area contributed by atoms with Crippen LogP contribution in [0.15, 0.2) is 24.3 Å². The Labute approximate surface area is 91.4 Å². The summed E-state index contributed by atoms with van der Waals surface area (Å²) in [6.07, 6.45) is 3.86. The summed E-state index contributed by atoms with van der Waals surface area (Å²) in [5.41, 5.74) is 7.42. The highest BCUT2D eigenvalue weighted by molar-refractivity contribution is 5.36. The van der Waals surface area contributed by atoms with Crippen molar-refractivity contribution < 1.29 is 4.74 Å². The maximum Gasteiger partial charge on any atom is 0.124 e. The molecule has 2 heteroatoms. The first kappa shape index (κ1) is 10.5. The highest BCUT2D eigenvalue weighted by atomic mass is 16.5. The summed E-state index contributed by atoms with van der Waals surface area (Å²) >= 11 is 0. The van der Waals surface area contributed by atoms with E-state index in [1.165, 1.54) is 24.8 Å².